The van der Waals surface area contributed by atoms with E-state index in [1.165, 1.54) is 4.90 Å². The third kappa shape index (κ3) is 5.61. The first-order chi connectivity index (χ1) is 11.1. The average Bonchev–Trinajstić information content (AvgIpc) is 3.07. The summed E-state index contributed by atoms with van der Waals surface area (Å²) >= 11 is 0. The van der Waals surface area contributed by atoms with Crippen LogP contribution in [-0.4, -0.2) is 48.4 Å². The second-order valence-electron chi connectivity index (χ2n) is 5.31. The van der Waals surface area contributed by atoms with E-state index in [4.69, 9.17) is 10.5 Å². The number of nitrogens with one attached hydrogen (secondary N) is 1. The topological polar surface area (TPSA) is 102 Å². The molecule has 0 aromatic heterocycles. The molecule has 1 aliphatic heterocycles. The Hall–Kier alpha value is -1.93. The third-order valence-corrected chi connectivity index (χ3v) is 3.70. The zero-order valence-corrected chi connectivity index (χ0v) is 15.0. The Balaban J connectivity index is 0.00000288. The number of nitrogens with zero attached hydrogens (tertiary/aromatic N) is 1. The molecule has 1 aromatic rings. The maximum Gasteiger partial charge on any atom is 0.325 e. The van der Waals surface area contributed by atoms with Gasteiger partial charge >= 0.3 is 5.97 Å². The number of hydrogen-bond donors (Lipinski definition) is 2. The van der Waals surface area contributed by atoms with Crippen LogP contribution in [0.5, 0.6) is 0 Å². The number of nitrogens with two attached hydrogens (primary N) is 1. The molecule has 0 saturated carbocycles. The molecule has 1 saturated heterocycles. The quantitative estimate of drug-likeness (QED) is 0.672. The Morgan fingerprint density at radius 1 is 1.25 bits per heavy atom. The predicted octanol–water partition coefficient (Wildman–Crippen LogP) is 0.374. The van der Waals surface area contributed by atoms with Gasteiger partial charge in [0.25, 0.3) is 0 Å². The normalized spacial score (nSPS) is 16.2. The molecule has 0 unspecified atom stereocenters. The van der Waals surface area contributed by atoms with Crippen molar-refractivity contribution in [2.45, 2.75) is 25.5 Å². The Labute approximate surface area is 151 Å². The SMILES string of the molecule is Br.NCC(=O)N1CCC[C@H]1C(=O)NCC(=O)OCc1ccccc1. The molecular formula is C16H22BrN3O4. The van der Waals surface area contributed by atoms with Crippen molar-refractivity contribution >= 4 is 34.8 Å². The van der Waals surface area contributed by atoms with E-state index in [-0.39, 0.29) is 48.5 Å². The molecule has 1 heterocycles. The minimum absolute atomic E-state index is 0. The summed E-state index contributed by atoms with van der Waals surface area (Å²) in [6.45, 7) is 0.346. The van der Waals surface area contributed by atoms with Gasteiger partial charge in [0.2, 0.25) is 11.8 Å². The van der Waals surface area contributed by atoms with Crippen molar-refractivity contribution in [2.75, 3.05) is 19.6 Å². The van der Waals surface area contributed by atoms with E-state index < -0.39 is 12.0 Å². The van der Waals surface area contributed by atoms with E-state index in [1.807, 2.05) is 30.3 Å². The van der Waals surface area contributed by atoms with Gasteiger partial charge in [-0.05, 0) is 18.4 Å². The van der Waals surface area contributed by atoms with Crippen LogP contribution in [0.3, 0.4) is 0 Å². The van der Waals surface area contributed by atoms with Gasteiger partial charge in [0.05, 0.1) is 6.54 Å². The summed E-state index contributed by atoms with van der Waals surface area (Å²) < 4.78 is 5.08. The van der Waals surface area contributed by atoms with Crippen LogP contribution in [0, 0.1) is 0 Å². The van der Waals surface area contributed by atoms with Crippen molar-refractivity contribution in [3.05, 3.63) is 35.9 Å². The fourth-order valence-electron chi connectivity index (χ4n) is 2.52. The zero-order chi connectivity index (χ0) is 16.7. The lowest BCUT2D eigenvalue weighted by atomic mass is 10.2. The molecule has 2 amide bonds. The van der Waals surface area contributed by atoms with Crippen molar-refractivity contribution in [1.29, 1.82) is 0 Å². The molecule has 1 aliphatic rings. The molecule has 7 nitrogen and oxygen atoms in total. The Kier molecular flexibility index (Phi) is 8.42. The summed E-state index contributed by atoms with van der Waals surface area (Å²) in [5, 5.41) is 2.52. The number of benzene rings is 1. The highest BCUT2D eigenvalue weighted by atomic mass is 79.9. The molecule has 1 fully saturated rings. The largest absolute Gasteiger partial charge is 0.460 e. The number of rotatable bonds is 6. The van der Waals surface area contributed by atoms with Crippen LogP contribution in [0.4, 0.5) is 0 Å². The molecule has 132 valence electrons. The fourth-order valence-corrected chi connectivity index (χ4v) is 2.52. The number of likely N-dealkylation sites (tertiary alicyclic amines) is 1. The highest BCUT2D eigenvalue weighted by molar-refractivity contribution is 8.93. The number of hydrogen-bond acceptors (Lipinski definition) is 5. The van der Waals surface area contributed by atoms with Gasteiger partial charge in [-0.2, -0.15) is 0 Å². The standard InChI is InChI=1S/C16H21N3O4.BrH/c17-9-14(20)19-8-4-7-13(19)16(22)18-10-15(21)23-11-12-5-2-1-3-6-12;/h1-3,5-6,13H,4,7-11,17H2,(H,18,22);1H/t13-;/m0./s1. The summed E-state index contributed by atoms with van der Waals surface area (Å²) in [5.41, 5.74) is 6.21. The molecule has 1 aromatic carbocycles. The molecule has 0 radical (unpaired) electrons. The maximum atomic E-state index is 12.1. The van der Waals surface area contributed by atoms with Crippen LogP contribution >= 0.6 is 17.0 Å². The smallest absolute Gasteiger partial charge is 0.325 e. The summed E-state index contributed by atoms with van der Waals surface area (Å²) in [5.74, 6) is -1.12. The van der Waals surface area contributed by atoms with Gasteiger partial charge < -0.3 is 20.7 Å². The van der Waals surface area contributed by atoms with E-state index >= 15 is 0 Å². The Bertz CT molecular complexity index is 568. The van der Waals surface area contributed by atoms with Crippen molar-refractivity contribution in [3.63, 3.8) is 0 Å². The predicted molar refractivity (Wildman–Crippen MR) is 93.4 cm³/mol. The van der Waals surface area contributed by atoms with E-state index in [0.29, 0.717) is 13.0 Å². The van der Waals surface area contributed by atoms with E-state index in [9.17, 15) is 14.4 Å². The minimum Gasteiger partial charge on any atom is -0.460 e. The number of ether oxygens (including phenoxy) is 1. The van der Waals surface area contributed by atoms with Gasteiger partial charge in [-0.1, -0.05) is 30.3 Å². The van der Waals surface area contributed by atoms with Gasteiger partial charge in [-0.25, -0.2) is 0 Å². The lowest BCUT2D eigenvalue weighted by molar-refractivity contribution is -0.145. The van der Waals surface area contributed by atoms with Crippen molar-refractivity contribution in [1.82, 2.24) is 10.2 Å². The van der Waals surface area contributed by atoms with Crippen molar-refractivity contribution < 1.29 is 19.1 Å². The number of halogens is 1. The first kappa shape index (κ1) is 20.1. The first-order valence-electron chi connectivity index (χ1n) is 7.58. The molecule has 2 rings (SSSR count). The zero-order valence-electron chi connectivity index (χ0n) is 13.3. The monoisotopic (exact) mass is 399 g/mol. The Morgan fingerprint density at radius 3 is 2.62 bits per heavy atom. The van der Waals surface area contributed by atoms with Crippen LogP contribution in [-0.2, 0) is 25.7 Å². The van der Waals surface area contributed by atoms with Crippen LogP contribution in [0.15, 0.2) is 30.3 Å². The molecule has 24 heavy (non-hydrogen) atoms. The van der Waals surface area contributed by atoms with Gasteiger partial charge in [-0.3, -0.25) is 14.4 Å². The van der Waals surface area contributed by atoms with Crippen LogP contribution in [0.2, 0.25) is 0 Å². The summed E-state index contributed by atoms with van der Waals surface area (Å²) in [6, 6.07) is 8.73. The Morgan fingerprint density at radius 2 is 1.96 bits per heavy atom. The number of esters is 1. The molecule has 8 heteroatoms. The second kappa shape index (κ2) is 10.0. The van der Waals surface area contributed by atoms with Gasteiger partial charge in [0.15, 0.2) is 0 Å². The summed E-state index contributed by atoms with van der Waals surface area (Å²) in [6.07, 6.45) is 1.33. The lowest BCUT2D eigenvalue weighted by Crippen LogP contribution is -2.48. The van der Waals surface area contributed by atoms with Gasteiger partial charge in [-0.15, -0.1) is 17.0 Å². The van der Waals surface area contributed by atoms with Crippen molar-refractivity contribution in [3.8, 4) is 0 Å². The van der Waals surface area contributed by atoms with Crippen molar-refractivity contribution in [2.24, 2.45) is 5.73 Å². The van der Waals surface area contributed by atoms with E-state index in [1.54, 1.807) is 0 Å². The summed E-state index contributed by atoms with van der Waals surface area (Å²) in [7, 11) is 0. The second-order valence-corrected chi connectivity index (χ2v) is 5.31. The number of carbonyl (C=O) groups is 3. The van der Waals surface area contributed by atoms with Gasteiger partial charge in [0.1, 0.15) is 19.2 Å². The summed E-state index contributed by atoms with van der Waals surface area (Å²) in [4.78, 5) is 36.9. The molecule has 0 aliphatic carbocycles. The highest BCUT2D eigenvalue weighted by Gasteiger charge is 2.33. The van der Waals surface area contributed by atoms with Crippen LogP contribution in [0.25, 0.3) is 0 Å². The van der Waals surface area contributed by atoms with Crippen LogP contribution < -0.4 is 11.1 Å². The molecule has 1 atom stereocenters. The average molecular weight is 400 g/mol. The first-order valence-corrected chi connectivity index (χ1v) is 7.58. The van der Waals surface area contributed by atoms with Crippen LogP contribution in [0.1, 0.15) is 18.4 Å². The van der Waals surface area contributed by atoms with Gasteiger partial charge in [0, 0.05) is 6.54 Å². The third-order valence-electron chi connectivity index (χ3n) is 3.70. The molecule has 0 spiro atoms. The highest BCUT2D eigenvalue weighted by Crippen LogP contribution is 2.17. The maximum absolute atomic E-state index is 12.1. The molecule has 0 bridgehead atoms. The molecular weight excluding hydrogens is 378 g/mol. The van der Waals surface area contributed by atoms with E-state index in [2.05, 4.69) is 5.32 Å². The number of carbonyl (C=O) groups excluding carboxylic acids is 3. The molecule has 3 N–H and O–H groups in total. The van der Waals surface area contributed by atoms with E-state index in [0.717, 1.165) is 12.0 Å². The number of amides is 2. The minimum atomic E-state index is -0.548. The fraction of sp³-hybridized carbons (Fsp3) is 0.438. The lowest BCUT2D eigenvalue weighted by Gasteiger charge is -2.23.